The van der Waals surface area contributed by atoms with Gasteiger partial charge in [0.2, 0.25) is 5.95 Å². The van der Waals surface area contributed by atoms with E-state index in [-0.39, 0.29) is 11.8 Å². The molecule has 0 radical (unpaired) electrons. The van der Waals surface area contributed by atoms with Gasteiger partial charge < -0.3 is 34.8 Å². The van der Waals surface area contributed by atoms with Crippen LogP contribution in [0.3, 0.4) is 0 Å². The smallest absolute Gasteiger partial charge is 0.491 e. The second-order valence-corrected chi connectivity index (χ2v) is 8.39. The minimum Gasteiger partial charge on any atom is -0.494 e. The van der Waals surface area contributed by atoms with Crippen LogP contribution in [-0.4, -0.2) is 67.3 Å². The molecule has 176 valence electrons. The number of piperazine rings is 1. The zero-order chi connectivity index (χ0) is 23.7. The van der Waals surface area contributed by atoms with Crippen molar-refractivity contribution in [1.82, 2.24) is 14.9 Å². The first-order valence-electron chi connectivity index (χ1n) is 11.1. The monoisotopic (exact) mass is 464 g/mol. The fourth-order valence-corrected chi connectivity index (χ4v) is 4.11. The Morgan fingerprint density at radius 1 is 1.12 bits per heavy atom. The number of nitrogens with zero attached hydrogens (tertiary/aromatic N) is 4. The van der Waals surface area contributed by atoms with Crippen molar-refractivity contribution in [2.24, 2.45) is 0 Å². The van der Waals surface area contributed by atoms with Crippen LogP contribution in [0.25, 0.3) is 0 Å². The summed E-state index contributed by atoms with van der Waals surface area (Å²) in [6, 6.07) is 11.3. The van der Waals surface area contributed by atoms with Gasteiger partial charge in [-0.1, -0.05) is 6.07 Å². The summed E-state index contributed by atoms with van der Waals surface area (Å²) in [6.07, 6.45) is 1.11. The van der Waals surface area contributed by atoms with Crippen molar-refractivity contribution in [3.05, 3.63) is 54.0 Å². The molecule has 0 spiro atoms. The molecule has 3 aromatic rings. The van der Waals surface area contributed by atoms with Crippen molar-refractivity contribution in [3.63, 3.8) is 0 Å². The van der Waals surface area contributed by atoms with E-state index in [4.69, 9.17) is 9.39 Å². The van der Waals surface area contributed by atoms with E-state index in [9.17, 15) is 9.41 Å². The third-order valence-corrected chi connectivity index (χ3v) is 6.12. The molecule has 2 aliphatic heterocycles. The summed E-state index contributed by atoms with van der Waals surface area (Å²) in [5.41, 5.74) is 3.90. The van der Waals surface area contributed by atoms with Gasteiger partial charge in [-0.25, -0.2) is 9.37 Å². The molecule has 1 fully saturated rings. The van der Waals surface area contributed by atoms with Crippen molar-refractivity contribution >= 4 is 41.4 Å². The SMILES string of the molecule is COc1cc(N2CCN(C)CC2)ccc1Nc1ncc(F)c(Nc2ccc3c(c2)B(O)OC3)n1. The number of anilines is 5. The number of benzene rings is 2. The van der Waals surface area contributed by atoms with Crippen molar-refractivity contribution < 1.29 is 18.8 Å². The lowest BCUT2D eigenvalue weighted by atomic mass is 9.79. The molecular weight excluding hydrogens is 438 g/mol. The Labute approximate surface area is 197 Å². The van der Waals surface area contributed by atoms with Gasteiger partial charge in [-0.2, -0.15) is 4.98 Å². The Balaban J connectivity index is 1.34. The van der Waals surface area contributed by atoms with Crippen LogP contribution in [0.5, 0.6) is 5.75 Å². The summed E-state index contributed by atoms with van der Waals surface area (Å²) in [6.45, 7) is 4.28. The highest BCUT2D eigenvalue weighted by molar-refractivity contribution is 6.61. The van der Waals surface area contributed by atoms with Gasteiger partial charge in [0.25, 0.3) is 0 Å². The van der Waals surface area contributed by atoms with E-state index >= 15 is 0 Å². The Morgan fingerprint density at radius 2 is 1.94 bits per heavy atom. The third kappa shape index (κ3) is 4.63. The molecule has 2 aromatic carbocycles. The lowest BCUT2D eigenvalue weighted by Crippen LogP contribution is -2.44. The third-order valence-electron chi connectivity index (χ3n) is 6.12. The molecule has 0 unspecified atom stereocenters. The van der Waals surface area contributed by atoms with E-state index in [1.807, 2.05) is 24.3 Å². The molecule has 0 bridgehead atoms. The van der Waals surface area contributed by atoms with Crippen LogP contribution >= 0.6 is 0 Å². The number of halogens is 1. The molecule has 34 heavy (non-hydrogen) atoms. The van der Waals surface area contributed by atoms with E-state index in [1.165, 1.54) is 0 Å². The van der Waals surface area contributed by atoms with Crippen molar-refractivity contribution in [2.75, 3.05) is 55.9 Å². The molecule has 5 rings (SSSR count). The minimum absolute atomic E-state index is 0.0129. The summed E-state index contributed by atoms with van der Waals surface area (Å²) >= 11 is 0. The standard InChI is InChI=1S/C23H26BFN6O3/c1-30-7-9-31(10-8-30)17-5-6-20(21(12-17)33-2)28-23-26-13-19(25)22(29-23)27-16-4-3-15-14-34-24(32)18(15)11-16/h3-6,11-13,32H,7-10,14H2,1-2H3,(H2,26,27,28,29). The van der Waals surface area contributed by atoms with Gasteiger partial charge in [-0.15, -0.1) is 0 Å². The number of hydrogen-bond donors (Lipinski definition) is 3. The van der Waals surface area contributed by atoms with Crippen molar-refractivity contribution in [1.29, 1.82) is 0 Å². The minimum atomic E-state index is -0.981. The van der Waals surface area contributed by atoms with Crippen molar-refractivity contribution in [3.8, 4) is 5.75 Å². The second kappa shape index (κ2) is 9.45. The summed E-state index contributed by atoms with van der Waals surface area (Å²) in [7, 11) is 2.75. The summed E-state index contributed by atoms with van der Waals surface area (Å²) < 4.78 is 25.3. The lowest BCUT2D eigenvalue weighted by Gasteiger charge is -2.34. The summed E-state index contributed by atoms with van der Waals surface area (Å²) in [5, 5.41) is 16.0. The second-order valence-electron chi connectivity index (χ2n) is 8.39. The fraction of sp³-hybridized carbons (Fsp3) is 0.304. The maximum absolute atomic E-state index is 14.5. The predicted molar refractivity (Wildman–Crippen MR) is 130 cm³/mol. The van der Waals surface area contributed by atoms with E-state index in [2.05, 4.69) is 37.4 Å². The molecular formula is C23H26BFN6O3. The zero-order valence-electron chi connectivity index (χ0n) is 19.1. The number of rotatable bonds is 6. The van der Waals surface area contributed by atoms with E-state index in [1.54, 1.807) is 19.2 Å². The van der Waals surface area contributed by atoms with E-state index < -0.39 is 12.9 Å². The molecule has 3 N–H and O–H groups in total. The number of hydrogen-bond acceptors (Lipinski definition) is 9. The van der Waals surface area contributed by atoms with Crippen LogP contribution < -0.4 is 25.7 Å². The van der Waals surface area contributed by atoms with Gasteiger partial charge in [0.1, 0.15) is 5.75 Å². The molecule has 3 heterocycles. The Hall–Kier alpha value is -3.41. The maximum Gasteiger partial charge on any atom is 0.491 e. The van der Waals surface area contributed by atoms with Crippen LogP contribution in [0.4, 0.5) is 33.2 Å². The Kier molecular flexibility index (Phi) is 6.23. The van der Waals surface area contributed by atoms with Crippen LogP contribution in [0, 0.1) is 5.82 Å². The van der Waals surface area contributed by atoms with Crippen LogP contribution in [-0.2, 0) is 11.3 Å². The molecule has 11 heteroatoms. The molecule has 0 amide bonds. The molecule has 1 aromatic heterocycles. The van der Waals surface area contributed by atoms with Gasteiger partial charge in [0.15, 0.2) is 11.6 Å². The molecule has 0 aliphatic carbocycles. The van der Waals surface area contributed by atoms with Crippen LogP contribution in [0.2, 0.25) is 0 Å². The zero-order valence-corrected chi connectivity index (χ0v) is 19.1. The van der Waals surface area contributed by atoms with E-state index in [0.717, 1.165) is 43.6 Å². The van der Waals surface area contributed by atoms with Crippen molar-refractivity contribution in [2.45, 2.75) is 6.61 Å². The maximum atomic E-state index is 14.5. The highest BCUT2D eigenvalue weighted by atomic mass is 19.1. The number of fused-ring (bicyclic) bond motifs is 1. The predicted octanol–water partition coefficient (Wildman–Crippen LogP) is 2.08. The Bertz CT molecular complexity index is 1190. The highest BCUT2D eigenvalue weighted by Crippen LogP contribution is 2.32. The molecule has 0 saturated carbocycles. The summed E-state index contributed by atoms with van der Waals surface area (Å²) in [4.78, 5) is 13.0. The molecule has 0 atom stereocenters. The molecule has 2 aliphatic rings. The van der Waals surface area contributed by atoms with E-state index in [0.29, 0.717) is 29.2 Å². The molecule has 1 saturated heterocycles. The number of methoxy groups -OCH3 is 1. The average molecular weight is 464 g/mol. The lowest BCUT2D eigenvalue weighted by molar-refractivity contribution is 0.275. The number of ether oxygens (including phenoxy) is 1. The number of likely N-dealkylation sites (N-methyl/N-ethyl adjacent to an activating group) is 1. The topological polar surface area (TPSA) is 95.0 Å². The average Bonchev–Trinajstić information content (AvgIpc) is 3.22. The normalized spacial score (nSPS) is 15.9. The first kappa shape index (κ1) is 22.4. The number of aromatic nitrogens is 2. The largest absolute Gasteiger partial charge is 0.494 e. The van der Waals surface area contributed by atoms with Gasteiger partial charge in [-0.3, -0.25) is 0 Å². The van der Waals surface area contributed by atoms with Crippen LogP contribution in [0.15, 0.2) is 42.6 Å². The van der Waals surface area contributed by atoms with Crippen LogP contribution in [0.1, 0.15) is 5.56 Å². The van der Waals surface area contributed by atoms with Gasteiger partial charge in [-0.05, 0) is 42.3 Å². The quantitative estimate of drug-likeness (QED) is 0.474. The van der Waals surface area contributed by atoms with Gasteiger partial charge >= 0.3 is 7.12 Å². The summed E-state index contributed by atoms with van der Waals surface area (Å²) in [5.74, 6) is 0.282. The molecule has 9 nitrogen and oxygen atoms in total. The number of nitrogens with one attached hydrogen (secondary N) is 2. The highest BCUT2D eigenvalue weighted by Gasteiger charge is 2.27. The van der Waals surface area contributed by atoms with Gasteiger partial charge in [0.05, 0.1) is 25.6 Å². The first-order valence-corrected chi connectivity index (χ1v) is 11.1. The fourth-order valence-electron chi connectivity index (χ4n) is 4.11. The first-order chi connectivity index (χ1) is 16.5. The Morgan fingerprint density at radius 3 is 2.74 bits per heavy atom. The van der Waals surface area contributed by atoms with Gasteiger partial charge in [0, 0.05) is 43.6 Å².